The average Bonchev–Trinajstić information content (AvgIpc) is 3.41. The van der Waals surface area contributed by atoms with Gasteiger partial charge >= 0.3 is 5.97 Å². The Morgan fingerprint density at radius 2 is 1.89 bits per heavy atom. The number of rotatable bonds is 8. The first kappa shape index (κ1) is 27.1. The van der Waals surface area contributed by atoms with E-state index in [1.54, 1.807) is 6.92 Å². The molecule has 1 saturated heterocycles. The minimum Gasteiger partial charge on any atom is -0.480 e. The number of aliphatic imine (C=N–C) groups is 1. The van der Waals surface area contributed by atoms with Crippen LogP contribution in [0.4, 0.5) is 10.1 Å². The fourth-order valence-electron chi connectivity index (χ4n) is 5.03. The van der Waals surface area contributed by atoms with Gasteiger partial charge in [0, 0.05) is 43.2 Å². The van der Waals surface area contributed by atoms with E-state index in [2.05, 4.69) is 25.8 Å². The van der Waals surface area contributed by atoms with Crippen molar-refractivity contribution >= 4 is 29.4 Å². The third kappa shape index (κ3) is 6.48. The van der Waals surface area contributed by atoms with Crippen LogP contribution in [-0.2, 0) is 22.4 Å². The molecule has 0 bridgehead atoms. The van der Waals surface area contributed by atoms with Gasteiger partial charge in [-0.15, -0.1) is 0 Å². The summed E-state index contributed by atoms with van der Waals surface area (Å²) in [4.78, 5) is 43.8. The highest BCUT2D eigenvalue weighted by atomic mass is 19.1. The number of halogens is 1. The molecular weight excluding hydrogens is 489 g/mol. The summed E-state index contributed by atoms with van der Waals surface area (Å²) in [5.41, 5.74) is 3.10. The first-order valence-electron chi connectivity index (χ1n) is 13.0. The van der Waals surface area contributed by atoms with Crippen molar-refractivity contribution in [2.75, 3.05) is 31.1 Å². The number of carboxylic acids is 1. The lowest BCUT2D eigenvalue weighted by Crippen LogP contribution is -2.45. The topological polar surface area (TPSA) is 123 Å². The second-order valence-corrected chi connectivity index (χ2v) is 9.75. The van der Waals surface area contributed by atoms with E-state index >= 15 is 0 Å². The number of aryl methyl sites for hydroxylation is 2. The third-order valence-corrected chi connectivity index (χ3v) is 7.12. The van der Waals surface area contributed by atoms with Crippen LogP contribution in [0.2, 0.25) is 0 Å². The smallest absolute Gasteiger partial charge is 0.326 e. The van der Waals surface area contributed by atoms with Gasteiger partial charge in [-0.3, -0.25) is 19.9 Å². The minimum absolute atomic E-state index is 0.00297. The summed E-state index contributed by atoms with van der Waals surface area (Å²) in [6.45, 7) is 6.36. The number of nitrogens with one attached hydrogen (secondary N) is 3. The number of carbonyl (C=O) groups excluding carboxylic acids is 2. The summed E-state index contributed by atoms with van der Waals surface area (Å²) < 4.78 is 13.8. The summed E-state index contributed by atoms with van der Waals surface area (Å²) in [6, 6.07) is 9.06. The number of piperidine rings is 1. The molecule has 1 fully saturated rings. The van der Waals surface area contributed by atoms with Crippen LogP contribution in [0.3, 0.4) is 0 Å². The zero-order valence-corrected chi connectivity index (χ0v) is 21.7. The summed E-state index contributed by atoms with van der Waals surface area (Å²) in [5.74, 6) is -1.59. The van der Waals surface area contributed by atoms with E-state index in [0.29, 0.717) is 35.6 Å². The van der Waals surface area contributed by atoms with Crippen LogP contribution < -0.4 is 20.9 Å². The Kier molecular flexibility index (Phi) is 8.60. The molecule has 4 rings (SSSR count). The molecule has 10 heteroatoms. The van der Waals surface area contributed by atoms with Crippen molar-refractivity contribution in [3.05, 3.63) is 64.5 Å². The molecule has 0 aromatic heterocycles. The SMILES string of the molecule is CCc1cc(F)cc(C)c1C(=O)NC(Cc1ccc(N2CCC(C(=O)NC3=NCCN3)CC2)cc1)C(=O)O. The number of hydrogen-bond donors (Lipinski definition) is 4. The van der Waals surface area contributed by atoms with Gasteiger partial charge in [0.1, 0.15) is 11.9 Å². The van der Waals surface area contributed by atoms with Crippen molar-refractivity contribution < 1.29 is 23.9 Å². The van der Waals surface area contributed by atoms with Crippen LogP contribution in [0.5, 0.6) is 0 Å². The highest BCUT2D eigenvalue weighted by Gasteiger charge is 2.27. The molecule has 202 valence electrons. The van der Waals surface area contributed by atoms with Gasteiger partial charge in [0.25, 0.3) is 5.91 Å². The number of carboxylic acid groups (broad SMARTS) is 1. The molecule has 2 aliphatic heterocycles. The largest absolute Gasteiger partial charge is 0.480 e. The van der Waals surface area contributed by atoms with Gasteiger partial charge in [0.05, 0.1) is 6.54 Å². The van der Waals surface area contributed by atoms with Crippen LogP contribution in [-0.4, -0.2) is 61.1 Å². The lowest BCUT2D eigenvalue weighted by Gasteiger charge is -2.33. The zero-order chi connectivity index (χ0) is 27.2. The number of hydrogen-bond acceptors (Lipinski definition) is 6. The molecule has 1 atom stereocenters. The Labute approximate surface area is 221 Å². The van der Waals surface area contributed by atoms with Crippen molar-refractivity contribution in [1.29, 1.82) is 0 Å². The summed E-state index contributed by atoms with van der Waals surface area (Å²) in [7, 11) is 0. The van der Waals surface area contributed by atoms with Gasteiger partial charge < -0.3 is 20.6 Å². The summed E-state index contributed by atoms with van der Waals surface area (Å²) in [6.07, 6.45) is 2.03. The van der Waals surface area contributed by atoms with Gasteiger partial charge in [-0.1, -0.05) is 19.1 Å². The zero-order valence-electron chi connectivity index (χ0n) is 21.7. The van der Waals surface area contributed by atoms with Gasteiger partial charge in [0.15, 0.2) is 5.96 Å². The van der Waals surface area contributed by atoms with E-state index in [1.807, 2.05) is 31.2 Å². The molecule has 0 saturated carbocycles. The van der Waals surface area contributed by atoms with E-state index in [0.717, 1.165) is 43.7 Å². The molecule has 2 heterocycles. The maximum atomic E-state index is 13.8. The Morgan fingerprint density at radius 3 is 2.50 bits per heavy atom. The molecule has 4 N–H and O–H groups in total. The summed E-state index contributed by atoms with van der Waals surface area (Å²) in [5, 5.41) is 18.3. The van der Waals surface area contributed by atoms with Crippen molar-refractivity contribution in [3.63, 3.8) is 0 Å². The lowest BCUT2D eigenvalue weighted by atomic mass is 9.95. The number of carbonyl (C=O) groups is 3. The predicted octanol–water partition coefficient (Wildman–Crippen LogP) is 2.41. The minimum atomic E-state index is -1.14. The Balaban J connectivity index is 1.34. The highest BCUT2D eigenvalue weighted by Crippen LogP contribution is 2.24. The highest BCUT2D eigenvalue weighted by molar-refractivity contribution is 5.99. The third-order valence-electron chi connectivity index (χ3n) is 7.12. The quantitative estimate of drug-likeness (QED) is 0.422. The maximum absolute atomic E-state index is 13.8. The first-order chi connectivity index (χ1) is 18.2. The molecule has 9 nitrogen and oxygen atoms in total. The first-order valence-corrected chi connectivity index (χ1v) is 13.0. The molecule has 2 amide bonds. The predicted molar refractivity (Wildman–Crippen MR) is 143 cm³/mol. The van der Waals surface area contributed by atoms with Crippen LogP contribution >= 0.6 is 0 Å². The molecule has 1 unspecified atom stereocenters. The van der Waals surface area contributed by atoms with E-state index in [1.165, 1.54) is 12.1 Å². The van der Waals surface area contributed by atoms with Crippen LogP contribution in [0.25, 0.3) is 0 Å². The van der Waals surface area contributed by atoms with E-state index < -0.39 is 23.7 Å². The number of amides is 2. The molecule has 38 heavy (non-hydrogen) atoms. The Bertz CT molecular complexity index is 1220. The van der Waals surface area contributed by atoms with Gasteiger partial charge in [-0.2, -0.15) is 0 Å². The number of benzene rings is 2. The number of anilines is 1. The molecule has 2 aliphatic rings. The van der Waals surface area contributed by atoms with Crippen molar-refractivity contribution in [1.82, 2.24) is 16.0 Å². The maximum Gasteiger partial charge on any atom is 0.326 e. The van der Waals surface area contributed by atoms with Crippen LogP contribution in [0, 0.1) is 18.7 Å². The van der Waals surface area contributed by atoms with Crippen LogP contribution in [0.1, 0.15) is 46.8 Å². The van der Waals surface area contributed by atoms with Crippen LogP contribution in [0.15, 0.2) is 41.4 Å². The summed E-state index contributed by atoms with van der Waals surface area (Å²) >= 11 is 0. The Morgan fingerprint density at radius 1 is 1.18 bits per heavy atom. The van der Waals surface area contributed by atoms with Crippen molar-refractivity contribution in [3.8, 4) is 0 Å². The molecule has 2 aromatic rings. The fourth-order valence-corrected chi connectivity index (χ4v) is 5.03. The standard InChI is InChI=1S/C28H34FN5O4/c1-3-19-16-21(29)14-17(2)24(19)26(36)32-23(27(37)38)15-18-4-6-22(7-5-18)34-12-8-20(9-13-34)25(35)33-28-30-10-11-31-28/h4-7,14,16,20,23H,3,8-13,15H2,1-2H3,(H,32,36)(H,37,38)(H2,30,31,33,35). The van der Waals surface area contributed by atoms with Crippen molar-refractivity contribution in [2.45, 2.75) is 45.6 Å². The fraction of sp³-hybridized carbons (Fsp3) is 0.429. The van der Waals surface area contributed by atoms with E-state index in [-0.39, 0.29) is 18.2 Å². The monoisotopic (exact) mass is 523 g/mol. The second-order valence-electron chi connectivity index (χ2n) is 9.75. The van der Waals surface area contributed by atoms with Gasteiger partial charge in [0.2, 0.25) is 5.91 Å². The molecular formula is C28H34FN5O4. The molecule has 0 aliphatic carbocycles. The van der Waals surface area contributed by atoms with Crippen molar-refractivity contribution in [2.24, 2.45) is 10.9 Å². The molecule has 0 radical (unpaired) electrons. The van der Waals surface area contributed by atoms with E-state index in [4.69, 9.17) is 0 Å². The Hall–Kier alpha value is -3.95. The molecule has 2 aromatic carbocycles. The second kappa shape index (κ2) is 12.1. The van der Waals surface area contributed by atoms with E-state index in [9.17, 15) is 23.9 Å². The lowest BCUT2D eigenvalue weighted by molar-refractivity contribution is -0.139. The number of aliphatic carboxylic acids is 1. The van der Waals surface area contributed by atoms with Gasteiger partial charge in [-0.25, -0.2) is 9.18 Å². The van der Waals surface area contributed by atoms with Gasteiger partial charge in [-0.05, 0) is 67.1 Å². The molecule has 0 spiro atoms. The number of guanidine groups is 1. The normalized spacial score (nSPS) is 16.4. The number of nitrogens with zero attached hydrogens (tertiary/aromatic N) is 2. The average molecular weight is 524 g/mol.